The molecular weight excluding hydrogens is 698 g/mol. The largest absolute Gasteiger partial charge is 0.383 e. The number of nitrogens with zero attached hydrogens (tertiary/aromatic N) is 6. The van der Waals surface area contributed by atoms with E-state index in [9.17, 15) is 14.6 Å². The van der Waals surface area contributed by atoms with Crippen LogP contribution in [0.15, 0.2) is 29.7 Å². The van der Waals surface area contributed by atoms with Gasteiger partial charge in [-0.3, -0.25) is 18.9 Å². The number of hydrogen-bond acceptors (Lipinski definition) is 15. The molecule has 2 fully saturated rings. The highest BCUT2D eigenvalue weighted by Gasteiger charge is 2.50. The van der Waals surface area contributed by atoms with E-state index in [2.05, 4.69) is 24.9 Å². The van der Waals surface area contributed by atoms with Crippen molar-refractivity contribution < 1.29 is 46.1 Å². The molecule has 0 bridgehead atoms. The average Bonchev–Trinajstić information content (AvgIpc) is 3.77. The van der Waals surface area contributed by atoms with E-state index in [1.54, 1.807) is 12.3 Å². The van der Waals surface area contributed by atoms with Crippen LogP contribution in [-0.2, 0) is 51.2 Å². The van der Waals surface area contributed by atoms with Gasteiger partial charge in [-0.2, -0.15) is 4.98 Å². The summed E-state index contributed by atoms with van der Waals surface area (Å²) < 4.78 is 66.2. The van der Waals surface area contributed by atoms with Crippen LogP contribution in [-0.4, -0.2) is 94.8 Å². The summed E-state index contributed by atoms with van der Waals surface area (Å²) in [6, 6.07) is 1.63. The first kappa shape index (κ1) is 33.3. The number of nitrogen functional groups attached to an aromatic ring is 2. The minimum Gasteiger partial charge on any atom is -0.383 e. The second kappa shape index (κ2) is 12.8. The summed E-state index contributed by atoms with van der Waals surface area (Å²) in [6.45, 7) is -8.99. The number of aromatic nitrogens is 7. The number of fused-ring (bicyclic) bond motifs is 2. The first-order valence-electron chi connectivity index (χ1n) is 13.3. The zero-order valence-electron chi connectivity index (χ0n) is 23.5. The van der Waals surface area contributed by atoms with Crippen molar-refractivity contribution in [3.05, 3.63) is 35.3 Å². The van der Waals surface area contributed by atoms with Crippen molar-refractivity contribution in [1.82, 2.24) is 34.1 Å². The number of H-pyrrole nitrogens is 1. The molecule has 250 valence electrons. The molecule has 7 N–H and O–H groups in total. The maximum Gasteiger partial charge on any atom is 0.325 e. The zero-order valence-corrected chi connectivity index (χ0v) is 27.0. The van der Waals surface area contributed by atoms with Crippen LogP contribution in [0.2, 0.25) is 0 Å². The van der Waals surface area contributed by atoms with Crippen LogP contribution in [0.5, 0.6) is 0 Å². The van der Waals surface area contributed by atoms with E-state index in [1.165, 1.54) is 10.9 Å². The topological polar surface area (TPSA) is 242 Å². The van der Waals surface area contributed by atoms with Crippen LogP contribution in [0.25, 0.3) is 22.2 Å². The molecule has 0 aromatic carbocycles. The average molecular weight is 726 g/mol. The van der Waals surface area contributed by atoms with Gasteiger partial charge in [-0.25, -0.2) is 23.7 Å². The number of anilines is 2. The van der Waals surface area contributed by atoms with Gasteiger partial charge in [-0.05, 0) is 29.7 Å². The van der Waals surface area contributed by atoms with Crippen molar-refractivity contribution in [3.8, 4) is 0 Å². The van der Waals surface area contributed by atoms with Gasteiger partial charge < -0.3 is 48.9 Å². The van der Waals surface area contributed by atoms with Crippen LogP contribution in [0.4, 0.5) is 20.5 Å². The van der Waals surface area contributed by atoms with Gasteiger partial charge in [0.25, 0.3) is 5.56 Å². The first-order chi connectivity index (χ1) is 21.8. The molecule has 4 aromatic heterocycles. The van der Waals surface area contributed by atoms with Gasteiger partial charge in [0, 0.05) is 19.7 Å². The summed E-state index contributed by atoms with van der Waals surface area (Å²) in [7, 11) is 1.12. The predicted molar refractivity (Wildman–Crippen MR) is 164 cm³/mol. The van der Waals surface area contributed by atoms with E-state index in [4.69, 9.17) is 62.6 Å². The normalized spacial score (nSPS) is 29.4. The summed E-state index contributed by atoms with van der Waals surface area (Å²) in [5, 5.41) is 0.518. The Kier molecular flexibility index (Phi) is 9.26. The fourth-order valence-corrected chi connectivity index (χ4v) is 7.17. The van der Waals surface area contributed by atoms with Gasteiger partial charge in [0.1, 0.15) is 36.2 Å². The summed E-state index contributed by atoms with van der Waals surface area (Å²) in [5.41, 5.74) is 11.0. The minimum atomic E-state index is -4.29. The number of imidazole rings is 1. The van der Waals surface area contributed by atoms with Crippen LogP contribution in [0.1, 0.15) is 18.9 Å². The summed E-state index contributed by atoms with van der Waals surface area (Å²) in [6.07, 6.45) is -6.28. The van der Waals surface area contributed by atoms with Gasteiger partial charge >= 0.3 is 13.4 Å². The summed E-state index contributed by atoms with van der Waals surface area (Å²) in [5.74, 6) is -0.0350. The van der Waals surface area contributed by atoms with Crippen LogP contribution >= 0.6 is 13.4 Å². The molecular formula is C22H27F2N9O9P2S2. The molecule has 2 aliphatic heterocycles. The van der Waals surface area contributed by atoms with Crippen molar-refractivity contribution in [2.24, 2.45) is 0 Å². The molecule has 6 heterocycles. The number of nitrogens with two attached hydrogens (primary N) is 2. The van der Waals surface area contributed by atoms with Crippen LogP contribution in [0, 0.1) is 0 Å². The molecule has 18 nitrogen and oxygen atoms in total. The summed E-state index contributed by atoms with van der Waals surface area (Å²) >= 11 is 9.99. The Hall–Kier alpha value is -2.59. The lowest BCUT2D eigenvalue weighted by Gasteiger charge is -2.26. The number of rotatable bonds is 11. The number of ether oxygens (including phenoxy) is 2. The lowest BCUT2D eigenvalue weighted by Crippen LogP contribution is -2.32. The van der Waals surface area contributed by atoms with E-state index in [1.807, 2.05) is 0 Å². The number of halogens is 2. The Morgan fingerprint density at radius 3 is 2.61 bits per heavy atom. The molecule has 9 atom stereocenters. The van der Waals surface area contributed by atoms with Crippen LogP contribution in [0.3, 0.4) is 0 Å². The first-order valence-corrected chi connectivity index (χ1v) is 18.5. The van der Waals surface area contributed by atoms with Crippen molar-refractivity contribution >= 4 is 71.0 Å². The van der Waals surface area contributed by atoms with Gasteiger partial charge in [0.15, 0.2) is 29.8 Å². The maximum atomic E-state index is 15.9. The smallest absolute Gasteiger partial charge is 0.325 e. The third-order valence-corrected chi connectivity index (χ3v) is 10.5. The second-order valence-electron chi connectivity index (χ2n) is 10.2. The van der Waals surface area contributed by atoms with Crippen molar-refractivity contribution in [1.29, 1.82) is 0 Å². The Bertz CT molecular complexity index is 1920. The van der Waals surface area contributed by atoms with Gasteiger partial charge in [0.2, 0.25) is 5.95 Å². The molecule has 0 radical (unpaired) electrons. The monoisotopic (exact) mass is 725 g/mol. The van der Waals surface area contributed by atoms with E-state index in [-0.39, 0.29) is 29.4 Å². The predicted octanol–water partition coefficient (Wildman–Crippen LogP) is 1.09. The maximum absolute atomic E-state index is 15.9. The van der Waals surface area contributed by atoms with Gasteiger partial charge in [-0.15, -0.1) is 0 Å². The van der Waals surface area contributed by atoms with Crippen molar-refractivity contribution in [2.45, 2.75) is 49.5 Å². The van der Waals surface area contributed by atoms with Crippen LogP contribution < -0.4 is 17.0 Å². The Morgan fingerprint density at radius 1 is 1.09 bits per heavy atom. The molecule has 2 unspecified atom stereocenters. The molecule has 46 heavy (non-hydrogen) atoms. The molecule has 0 spiro atoms. The van der Waals surface area contributed by atoms with Crippen molar-refractivity contribution in [2.75, 3.05) is 31.8 Å². The number of nitrogens with one attached hydrogen (secondary N) is 1. The minimum absolute atomic E-state index is 0.0890. The molecule has 4 aromatic rings. The molecule has 2 saturated heterocycles. The Morgan fingerprint density at radius 2 is 1.85 bits per heavy atom. The lowest BCUT2D eigenvalue weighted by molar-refractivity contribution is -0.0500. The molecule has 24 heteroatoms. The summed E-state index contributed by atoms with van der Waals surface area (Å²) in [4.78, 5) is 51.7. The number of alkyl halides is 2. The highest BCUT2D eigenvalue weighted by Crippen LogP contribution is 2.52. The molecule has 6 rings (SSSR count). The highest BCUT2D eigenvalue weighted by molar-refractivity contribution is 8.07. The Balaban J connectivity index is 1.19. The van der Waals surface area contributed by atoms with E-state index in [0.29, 0.717) is 11.0 Å². The SMILES string of the molecule is COP(O)(=S)OC[C@H]1O[C@@H](n2cnc3c(=O)[nH]c(N)nc32)[C@H](OP(O)(=S)OC[C@@H]2C[C@H](F)[C@H](n3ccc4c(N)ncnc43)O2)[C@@H]1F. The van der Waals surface area contributed by atoms with Gasteiger partial charge in [0.05, 0.1) is 31.0 Å². The molecule has 0 aliphatic carbocycles. The van der Waals surface area contributed by atoms with E-state index >= 15 is 8.78 Å². The lowest BCUT2D eigenvalue weighted by atomic mass is 10.1. The number of aromatic amines is 1. The second-order valence-corrected chi connectivity index (χ2v) is 15.9. The van der Waals surface area contributed by atoms with E-state index in [0.717, 1.165) is 18.0 Å². The molecule has 0 saturated carbocycles. The third-order valence-electron chi connectivity index (χ3n) is 7.24. The zero-order chi connectivity index (χ0) is 33.0. The molecule has 0 amide bonds. The quantitative estimate of drug-likeness (QED) is 0.136. The fourth-order valence-electron chi connectivity index (χ4n) is 5.13. The van der Waals surface area contributed by atoms with Gasteiger partial charge in [-0.1, -0.05) is 0 Å². The highest BCUT2D eigenvalue weighted by atomic mass is 32.5. The fraction of sp³-hybridized carbons (Fsp3) is 0.500. The third kappa shape index (κ3) is 6.58. The van der Waals surface area contributed by atoms with E-state index < -0.39 is 75.3 Å². The standard InChI is InChI=1S/C22H27F2N9O9P2S2/c1-37-43(35,45)39-6-12-13(24)15(21(41-12)33-8-29-14-18(33)30-22(26)31-19(14)34)42-44(36,46)38-5-9-4-11(23)20(40-9)32-3-2-10-16(25)27-7-28-17(10)32/h2-3,7-9,11-13,15,20-21H,4-6H2,1H3,(H,35,45)(H,36,46)(H2,25,27,28)(H3,26,30,31,34)/t9-,11-,12+,13+,15+,20+,21+,43?,44?/m0/s1. The molecule has 2 aliphatic rings. The Labute approximate surface area is 267 Å². The van der Waals surface area contributed by atoms with Crippen molar-refractivity contribution in [3.63, 3.8) is 0 Å². The number of hydrogen-bond donors (Lipinski definition) is 5.